The fourth-order valence-electron chi connectivity index (χ4n) is 4.05. The van der Waals surface area contributed by atoms with Gasteiger partial charge in [-0.15, -0.1) is 0 Å². The van der Waals surface area contributed by atoms with Gasteiger partial charge >= 0.3 is 6.09 Å². The normalized spacial score (nSPS) is 22.5. The molecule has 8 nitrogen and oxygen atoms in total. The average Bonchev–Trinajstić information content (AvgIpc) is 3.16. The van der Waals surface area contributed by atoms with Crippen molar-refractivity contribution in [3.05, 3.63) is 24.2 Å². The van der Waals surface area contributed by atoms with Crippen LogP contribution < -0.4 is 4.90 Å². The molecule has 0 aromatic carbocycles. The lowest BCUT2D eigenvalue weighted by Crippen LogP contribution is -2.40. The number of hydrogen-bond donors (Lipinski definition) is 0. The van der Waals surface area contributed by atoms with Crippen LogP contribution in [0.4, 0.5) is 19.4 Å². The monoisotopic (exact) mass is 433 g/mol. The van der Waals surface area contributed by atoms with Crippen LogP contribution in [-0.4, -0.2) is 63.8 Å². The molecule has 3 fully saturated rings. The van der Waals surface area contributed by atoms with Gasteiger partial charge in [0.1, 0.15) is 11.4 Å². The molecule has 10 heteroatoms. The molecule has 1 aliphatic carbocycles. The molecule has 4 heterocycles. The number of nitrogens with zero attached hydrogens (tertiary/aromatic N) is 5. The van der Waals surface area contributed by atoms with Gasteiger partial charge in [-0.2, -0.15) is 4.98 Å². The molecule has 2 aromatic rings. The number of pyridine rings is 1. The van der Waals surface area contributed by atoms with Crippen LogP contribution in [-0.2, 0) is 4.74 Å². The van der Waals surface area contributed by atoms with E-state index in [1.54, 1.807) is 28.1 Å². The van der Waals surface area contributed by atoms with Gasteiger partial charge < -0.3 is 19.1 Å². The number of carbonyl (C=O) groups is 1. The van der Waals surface area contributed by atoms with Crippen LogP contribution in [0.15, 0.2) is 22.9 Å². The lowest BCUT2D eigenvalue weighted by atomic mass is 9.96. The van der Waals surface area contributed by atoms with E-state index in [9.17, 15) is 13.6 Å². The molecule has 0 bridgehead atoms. The highest BCUT2D eigenvalue weighted by atomic mass is 19.3. The Kier molecular flexibility index (Phi) is 4.82. The number of alkyl halides is 2. The first-order chi connectivity index (χ1) is 14.8. The summed E-state index contributed by atoms with van der Waals surface area (Å²) in [6.45, 7) is 3.06. The molecular weight excluding hydrogens is 408 g/mol. The van der Waals surface area contributed by atoms with E-state index in [0.29, 0.717) is 36.2 Å². The summed E-state index contributed by atoms with van der Waals surface area (Å²) < 4.78 is 38.1. The van der Waals surface area contributed by atoms with Crippen molar-refractivity contribution in [2.45, 2.75) is 56.5 Å². The molecular formula is C21H25F2N5O3. The molecule has 166 valence electrons. The van der Waals surface area contributed by atoms with Gasteiger partial charge in [-0.3, -0.25) is 0 Å². The van der Waals surface area contributed by atoms with Crippen LogP contribution >= 0.6 is 0 Å². The summed E-state index contributed by atoms with van der Waals surface area (Å²) in [6, 6.07) is 3.43. The maximum atomic E-state index is 13.5. The van der Waals surface area contributed by atoms with E-state index in [4.69, 9.17) is 9.26 Å². The molecule has 5 rings (SSSR count). The zero-order valence-corrected chi connectivity index (χ0v) is 17.4. The van der Waals surface area contributed by atoms with Gasteiger partial charge in [0.25, 0.3) is 11.8 Å². The Morgan fingerprint density at radius 2 is 2.00 bits per heavy atom. The highest BCUT2D eigenvalue weighted by Gasteiger charge is 2.43. The Morgan fingerprint density at radius 1 is 1.23 bits per heavy atom. The Balaban J connectivity index is 1.22. The number of amides is 1. The van der Waals surface area contributed by atoms with Crippen molar-refractivity contribution in [2.24, 2.45) is 0 Å². The van der Waals surface area contributed by atoms with Gasteiger partial charge in [0.15, 0.2) is 5.82 Å². The van der Waals surface area contributed by atoms with Crippen molar-refractivity contribution < 1.29 is 22.8 Å². The highest BCUT2D eigenvalue weighted by molar-refractivity contribution is 5.68. The number of halogens is 2. The van der Waals surface area contributed by atoms with Crippen molar-refractivity contribution in [1.29, 1.82) is 0 Å². The lowest BCUT2D eigenvalue weighted by Gasteiger charge is -2.30. The Bertz CT molecular complexity index is 969. The second-order valence-electron chi connectivity index (χ2n) is 8.97. The Morgan fingerprint density at radius 3 is 2.68 bits per heavy atom. The van der Waals surface area contributed by atoms with E-state index < -0.39 is 5.92 Å². The second kappa shape index (κ2) is 7.42. The lowest BCUT2D eigenvalue weighted by molar-refractivity contribution is 0.0256. The SMILES string of the molecule is CC1(OC(=O)N2CCC(c3noc(-c4ccnc(N5CCC(F)(F)C5)c4)n3)CC2)CC1. The molecule has 0 N–H and O–H groups in total. The molecule has 3 aliphatic rings. The average molecular weight is 433 g/mol. The molecule has 0 atom stereocenters. The Labute approximate surface area is 178 Å². The summed E-state index contributed by atoms with van der Waals surface area (Å²) >= 11 is 0. The van der Waals surface area contributed by atoms with Crippen LogP contribution in [0.25, 0.3) is 11.5 Å². The van der Waals surface area contributed by atoms with Crippen molar-refractivity contribution in [3.63, 3.8) is 0 Å². The van der Waals surface area contributed by atoms with E-state index >= 15 is 0 Å². The molecule has 2 aliphatic heterocycles. The number of hydrogen-bond acceptors (Lipinski definition) is 7. The third kappa shape index (κ3) is 4.33. The summed E-state index contributed by atoms with van der Waals surface area (Å²) in [7, 11) is 0. The van der Waals surface area contributed by atoms with E-state index in [1.165, 1.54) is 0 Å². The fraction of sp³-hybridized carbons (Fsp3) is 0.619. The third-order valence-electron chi connectivity index (χ3n) is 6.33. The smallest absolute Gasteiger partial charge is 0.410 e. The minimum absolute atomic E-state index is 0.0941. The van der Waals surface area contributed by atoms with Gasteiger partial charge in [-0.1, -0.05) is 5.16 Å². The van der Waals surface area contributed by atoms with Gasteiger partial charge in [-0.05, 0) is 44.7 Å². The maximum Gasteiger partial charge on any atom is 0.410 e. The number of ether oxygens (including phenoxy) is 1. The number of rotatable bonds is 4. The summed E-state index contributed by atoms with van der Waals surface area (Å²) in [5.74, 6) is -1.17. The largest absolute Gasteiger partial charge is 0.443 e. The first kappa shape index (κ1) is 20.1. The quantitative estimate of drug-likeness (QED) is 0.724. The van der Waals surface area contributed by atoms with Crippen LogP contribution in [0, 0.1) is 0 Å². The fourth-order valence-corrected chi connectivity index (χ4v) is 4.05. The molecule has 2 aromatic heterocycles. The highest BCUT2D eigenvalue weighted by Crippen LogP contribution is 2.39. The van der Waals surface area contributed by atoms with Crippen molar-refractivity contribution in [3.8, 4) is 11.5 Å². The van der Waals surface area contributed by atoms with Crippen LogP contribution in [0.3, 0.4) is 0 Å². The standard InChI is InChI=1S/C21H25F2N5O3/c1-20(5-6-20)30-19(29)27-9-3-14(4-10-27)17-25-18(31-26-17)15-2-8-24-16(12-15)28-11-7-21(22,23)13-28/h2,8,12,14H,3-7,9-11,13H2,1H3. The number of carbonyl (C=O) groups excluding carboxylic acids is 1. The van der Waals surface area contributed by atoms with E-state index in [1.807, 2.05) is 6.92 Å². The summed E-state index contributed by atoms with van der Waals surface area (Å²) in [6.07, 6.45) is 4.47. The molecule has 0 spiro atoms. The minimum atomic E-state index is -2.69. The molecule has 1 amide bonds. The van der Waals surface area contributed by atoms with E-state index in [2.05, 4.69) is 15.1 Å². The summed E-state index contributed by atoms with van der Waals surface area (Å²) in [5.41, 5.74) is 0.378. The molecule has 31 heavy (non-hydrogen) atoms. The predicted octanol–water partition coefficient (Wildman–Crippen LogP) is 3.85. The van der Waals surface area contributed by atoms with Gasteiger partial charge in [0, 0.05) is 43.7 Å². The predicted molar refractivity (Wildman–Crippen MR) is 107 cm³/mol. The zero-order valence-electron chi connectivity index (χ0n) is 17.4. The number of anilines is 1. The first-order valence-corrected chi connectivity index (χ1v) is 10.7. The topological polar surface area (TPSA) is 84.6 Å². The van der Waals surface area contributed by atoms with Gasteiger partial charge in [0.05, 0.1) is 6.54 Å². The molecule has 0 radical (unpaired) electrons. The third-order valence-corrected chi connectivity index (χ3v) is 6.33. The van der Waals surface area contributed by atoms with E-state index in [0.717, 1.165) is 25.7 Å². The minimum Gasteiger partial charge on any atom is -0.443 e. The van der Waals surface area contributed by atoms with Gasteiger partial charge in [0.2, 0.25) is 0 Å². The molecule has 2 saturated heterocycles. The Hall–Kier alpha value is -2.78. The molecule has 0 unspecified atom stereocenters. The zero-order chi connectivity index (χ0) is 21.6. The number of piperidine rings is 1. The van der Waals surface area contributed by atoms with Gasteiger partial charge in [-0.25, -0.2) is 18.6 Å². The molecule has 1 saturated carbocycles. The van der Waals surface area contributed by atoms with Crippen LogP contribution in [0.2, 0.25) is 0 Å². The first-order valence-electron chi connectivity index (χ1n) is 10.7. The summed E-state index contributed by atoms with van der Waals surface area (Å²) in [5, 5.41) is 4.13. The number of aromatic nitrogens is 3. The maximum absolute atomic E-state index is 13.5. The van der Waals surface area contributed by atoms with Crippen molar-refractivity contribution >= 4 is 11.9 Å². The van der Waals surface area contributed by atoms with Crippen LogP contribution in [0.5, 0.6) is 0 Å². The van der Waals surface area contributed by atoms with Crippen molar-refractivity contribution in [2.75, 3.05) is 31.1 Å². The van der Waals surface area contributed by atoms with Crippen molar-refractivity contribution in [1.82, 2.24) is 20.0 Å². The second-order valence-corrected chi connectivity index (χ2v) is 8.97. The van der Waals surface area contributed by atoms with E-state index in [-0.39, 0.29) is 37.1 Å². The number of likely N-dealkylation sites (tertiary alicyclic amines) is 1. The summed E-state index contributed by atoms with van der Waals surface area (Å²) in [4.78, 5) is 24.3. The van der Waals surface area contributed by atoms with Crippen LogP contribution in [0.1, 0.15) is 50.8 Å².